The molecular formula is C16H21NOSSi. The van der Waals surface area contributed by atoms with E-state index >= 15 is 0 Å². The molecule has 1 aliphatic rings. The zero-order valence-electron chi connectivity index (χ0n) is 12.3. The highest BCUT2D eigenvalue weighted by atomic mass is 32.1. The van der Waals surface area contributed by atoms with Crippen molar-refractivity contribution in [3.63, 3.8) is 0 Å². The van der Waals surface area contributed by atoms with Crippen molar-refractivity contribution in [3.05, 3.63) is 29.8 Å². The number of amides is 1. The average Bonchev–Trinajstić information content (AvgIpc) is 2.77. The number of benzene rings is 1. The fraction of sp³-hybridized carbons (Fsp3) is 0.438. The zero-order chi connectivity index (χ0) is 14.8. The molecule has 2 nitrogen and oxygen atoms in total. The molecule has 1 heterocycles. The van der Waals surface area contributed by atoms with Gasteiger partial charge in [0.25, 0.3) is 0 Å². The number of hydrogen-bond donors (Lipinski definition) is 1. The third kappa shape index (κ3) is 3.68. The van der Waals surface area contributed by atoms with E-state index in [1.807, 2.05) is 29.2 Å². The molecule has 0 bridgehead atoms. The second kappa shape index (κ2) is 6.07. The van der Waals surface area contributed by atoms with Gasteiger partial charge in [0.15, 0.2) is 0 Å². The van der Waals surface area contributed by atoms with Crippen molar-refractivity contribution >= 4 is 32.3 Å². The molecule has 0 aliphatic carbocycles. The van der Waals surface area contributed by atoms with Crippen molar-refractivity contribution < 1.29 is 4.79 Å². The summed E-state index contributed by atoms with van der Waals surface area (Å²) in [5.41, 5.74) is 5.29. The van der Waals surface area contributed by atoms with Gasteiger partial charge in [-0.2, -0.15) is 12.6 Å². The fourth-order valence-corrected chi connectivity index (χ4v) is 2.96. The Morgan fingerprint density at radius 2 is 2.05 bits per heavy atom. The SMILES string of the molecule is C[Si](C)(C)C#Cc1ccccc1N1CC(CS)CC1=O. The third-order valence-electron chi connectivity index (χ3n) is 3.23. The molecule has 1 atom stereocenters. The lowest BCUT2D eigenvalue weighted by molar-refractivity contribution is -0.117. The summed E-state index contributed by atoms with van der Waals surface area (Å²) in [6.07, 6.45) is 0.597. The zero-order valence-corrected chi connectivity index (χ0v) is 14.2. The minimum atomic E-state index is -1.42. The van der Waals surface area contributed by atoms with Crippen LogP contribution in [0.3, 0.4) is 0 Å². The number of nitrogens with zero attached hydrogens (tertiary/aromatic N) is 1. The summed E-state index contributed by atoms with van der Waals surface area (Å²) in [5.74, 6) is 4.57. The van der Waals surface area contributed by atoms with Crippen LogP contribution in [0, 0.1) is 17.4 Å². The Kier molecular flexibility index (Phi) is 4.61. The lowest BCUT2D eigenvalue weighted by Gasteiger charge is -2.18. The molecule has 1 aliphatic heterocycles. The molecule has 106 valence electrons. The molecule has 1 saturated heterocycles. The maximum absolute atomic E-state index is 12.1. The van der Waals surface area contributed by atoms with Gasteiger partial charge in [0.05, 0.1) is 5.69 Å². The van der Waals surface area contributed by atoms with E-state index < -0.39 is 8.07 Å². The normalized spacial score (nSPS) is 18.9. The molecule has 0 aromatic heterocycles. The van der Waals surface area contributed by atoms with E-state index in [0.717, 1.165) is 23.5 Å². The summed E-state index contributed by atoms with van der Waals surface area (Å²) < 4.78 is 0. The standard InChI is InChI=1S/C16H21NOSSi/c1-20(2,3)9-8-14-6-4-5-7-15(14)17-11-13(12-19)10-16(17)18/h4-7,13,19H,10-12H2,1-3H3. The van der Waals surface area contributed by atoms with Gasteiger partial charge in [-0.1, -0.05) is 37.7 Å². The molecule has 0 spiro atoms. The smallest absolute Gasteiger partial charge is 0.227 e. The van der Waals surface area contributed by atoms with Crippen LogP contribution in [-0.4, -0.2) is 26.3 Å². The molecule has 1 unspecified atom stereocenters. The van der Waals surface area contributed by atoms with Crippen LogP contribution in [0.4, 0.5) is 5.69 Å². The summed E-state index contributed by atoms with van der Waals surface area (Å²) in [7, 11) is -1.42. The molecule has 2 rings (SSSR count). The second-order valence-corrected chi connectivity index (χ2v) is 11.4. The first kappa shape index (κ1) is 15.2. The number of hydrogen-bond acceptors (Lipinski definition) is 2. The summed E-state index contributed by atoms with van der Waals surface area (Å²) in [5, 5.41) is 0. The maximum atomic E-state index is 12.1. The molecule has 0 radical (unpaired) electrons. The van der Waals surface area contributed by atoms with Crippen LogP contribution in [0.15, 0.2) is 24.3 Å². The first-order valence-electron chi connectivity index (χ1n) is 6.94. The number of anilines is 1. The largest absolute Gasteiger partial charge is 0.311 e. The van der Waals surface area contributed by atoms with Gasteiger partial charge in [0.1, 0.15) is 8.07 Å². The van der Waals surface area contributed by atoms with Gasteiger partial charge in [0, 0.05) is 18.5 Å². The van der Waals surface area contributed by atoms with Crippen LogP contribution in [-0.2, 0) is 4.79 Å². The highest BCUT2D eigenvalue weighted by molar-refractivity contribution is 7.80. The monoisotopic (exact) mass is 303 g/mol. The Hall–Kier alpha value is -1.18. The van der Waals surface area contributed by atoms with Gasteiger partial charge in [-0.25, -0.2) is 0 Å². The fourth-order valence-electron chi connectivity index (χ4n) is 2.21. The van der Waals surface area contributed by atoms with E-state index in [4.69, 9.17) is 0 Å². The number of thiol groups is 1. The van der Waals surface area contributed by atoms with Crippen molar-refractivity contribution in [1.82, 2.24) is 0 Å². The lowest BCUT2D eigenvalue weighted by atomic mass is 10.1. The Labute approximate surface area is 128 Å². The minimum absolute atomic E-state index is 0.186. The summed E-state index contributed by atoms with van der Waals surface area (Å²) in [4.78, 5) is 14.0. The van der Waals surface area contributed by atoms with Crippen molar-refractivity contribution in [2.75, 3.05) is 17.2 Å². The van der Waals surface area contributed by atoms with Crippen molar-refractivity contribution in [1.29, 1.82) is 0 Å². The van der Waals surface area contributed by atoms with Gasteiger partial charge in [-0.05, 0) is 23.8 Å². The van der Waals surface area contributed by atoms with E-state index in [0.29, 0.717) is 12.3 Å². The predicted octanol–water partition coefficient (Wildman–Crippen LogP) is 3.20. The highest BCUT2D eigenvalue weighted by Crippen LogP contribution is 2.28. The molecule has 1 amide bonds. The van der Waals surface area contributed by atoms with Gasteiger partial charge in [-0.3, -0.25) is 4.79 Å². The van der Waals surface area contributed by atoms with Gasteiger partial charge < -0.3 is 4.90 Å². The molecule has 1 fully saturated rings. The second-order valence-electron chi connectivity index (χ2n) is 6.27. The maximum Gasteiger partial charge on any atom is 0.227 e. The van der Waals surface area contributed by atoms with Gasteiger partial charge >= 0.3 is 0 Å². The van der Waals surface area contributed by atoms with E-state index in [-0.39, 0.29) is 5.91 Å². The van der Waals surface area contributed by atoms with Crippen LogP contribution in [0.2, 0.25) is 19.6 Å². The lowest BCUT2D eigenvalue weighted by Crippen LogP contribution is -2.25. The van der Waals surface area contributed by atoms with Gasteiger partial charge in [0.2, 0.25) is 5.91 Å². The van der Waals surface area contributed by atoms with Crippen LogP contribution in [0.1, 0.15) is 12.0 Å². The topological polar surface area (TPSA) is 20.3 Å². The molecular weight excluding hydrogens is 282 g/mol. The summed E-state index contributed by atoms with van der Waals surface area (Å²) >= 11 is 4.31. The Morgan fingerprint density at radius 3 is 2.65 bits per heavy atom. The minimum Gasteiger partial charge on any atom is -0.311 e. The van der Waals surface area contributed by atoms with Crippen molar-refractivity contribution in [2.45, 2.75) is 26.1 Å². The Bertz CT molecular complexity index is 568. The highest BCUT2D eigenvalue weighted by Gasteiger charge is 2.30. The van der Waals surface area contributed by atoms with Crippen LogP contribution in [0.25, 0.3) is 0 Å². The number of para-hydroxylation sites is 1. The molecule has 1 aromatic rings. The van der Waals surface area contributed by atoms with Crippen LogP contribution < -0.4 is 4.90 Å². The molecule has 20 heavy (non-hydrogen) atoms. The van der Waals surface area contributed by atoms with E-state index in [1.54, 1.807) is 0 Å². The van der Waals surface area contributed by atoms with Crippen LogP contribution in [0.5, 0.6) is 0 Å². The van der Waals surface area contributed by atoms with E-state index in [9.17, 15) is 4.79 Å². The molecule has 0 N–H and O–H groups in total. The first-order chi connectivity index (χ1) is 9.40. The van der Waals surface area contributed by atoms with E-state index in [1.165, 1.54) is 0 Å². The molecule has 0 saturated carbocycles. The van der Waals surface area contributed by atoms with Crippen molar-refractivity contribution in [2.24, 2.45) is 5.92 Å². The summed E-state index contributed by atoms with van der Waals surface area (Å²) in [6.45, 7) is 7.43. The number of rotatable bonds is 2. The Morgan fingerprint density at radius 1 is 1.35 bits per heavy atom. The predicted molar refractivity (Wildman–Crippen MR) is 91.0 cm³/mol. The summed E-state index contributed by atoms with van der Waals surface area (Å²) in [6, 6.07) is 7.95. The molecule has 4 heteroatoms. The van der Waals surface area contributed by atoms with Crippen molar-refractivity contribution in [3.8, 4) is 11.5 Å². The number of carbonyl (C=O) groups excluding carboxylic acids is 1. The molecule has 1 aromatic carbocycles. The van der Waals surface area contributed by atoms with Gasteiger partial charge in [-0.15, -0.1) is 5.54 Å². The third-order valence-corrected chi connectivity index (χ3v) is 4.62. The first-order valence-corrected chi connectivity index (χ1v) is 11.1. The average molecular weight is 304 g/mol. The number of carbonyl (C=O) groups is 1. The van der Waals surface area contributed by atoms with E-state index in [2.05, 4.69) is 43.7 Å². The Balaban J connectivity index is 2.33. The van der Waals surface area contributed by atoms with Crippen LogP contribution >= 0.6 is 12.6 Å². The quantitative estimate of drug-likeness (QED) is 0.505.